The average Bonchev–Trinajstić information content (AvgIpc) is 0.783. The van der Waals surface area contributed by atoms with Crippen molar-refractivity contribution < 1.29 is 113 Å². The number of carbonyl (C=O) groups excluding carboxylic acids is 2. The number of phenols is 1. The zero-order valence-electron chi connectivity index (χ0n) is 74.8. The van der Waals surface area contributed by atoms with E-state index in [1.54, 1.807) is 92.9 Å². The molecule has 0 radical (unpaired) electrons. The summed E-state index contributed by atoms with van der Waals surface area (Å²) in [5.74, 6) is 4.38. The summed E-state index contributed by atoms with van der Waals surface area (Å²) in [4.78, 5) is 81.3. The molecule has 3 heterocycles. The maximum Gasteiger partial charge on any atom is 1.00 e. The second-order valence-electron chi connectivity index (χ2n) is 27.8. The van der Waals surface area contributed by atoms with Crippen LogP contribution >= 0.6 is 11.6 Å². The number of nitrogens with one attached hydrogen (secondary N) is 1. The summed E-state index contributed by atoms with van der Waals surface area (Å²) in [5, 5.41) is 45.7. The fraction of sp³-hybridized carbons (Fsp3) is 0.173. The van der Waals surface area contributed by atoms with Crippen molar-refractivity contribution >= 4 is 28.6 Å². The fourth-order valence-electron chi connectivity index (χ4n) is 12.4. The van der Waals surface area contributed by atoms with Gasteiger partial charge in [-0.25, -0.2) is 15.0 Å². The summed E-state index contributed by atoms with van der Waals surface area (Å²) in [6.07, 6.45) is 1.27. The molecular weight excluding hydrogens is 1690 g/mol. The van der Waals surface area contributed by atoms with Gasteiger partial charge in [-0.15, -0.1) is 0 Å². The molecule has 658 valence electrons. The van der Waals surface area contributed by atoms with Gasteiger partial charge in [0.25, 0.3) is 27.8 Å². The van der Waals surface area contributed by atoms with Gasteiger partial charge in [-0.3, -0.25) is 33.1 Å². The Bertz CT molecular complexity index is 6310. The van der Waals surface area contributed by atoms with Crippen LogP contribution in [0.5, 0.6) is 28.7 Å². The number of nitriles is 3. The minimum Gasteiger partial charge on any atom is -0.870 e. The number of aliphatic imine (C=N–C) groups is 1. The van der Waals surface area contributed by atoms with Gasteiger partial charge < -0.3 is 49.1 Å². The Hall–Kier alpha value is -13.9. The van der Waals surface area contributed by atoms with E-state index in [9.17, 15) is 39.6 Å². The predicted octanol–water partition coefficient (Wildman–Crippen LogP) is 13.0. The minimum absolute atomic E-state index is 0. The number of aromatic hydroxyl groups is 1. The third kappa shape index (κ3) is 33.9. The summed E-state index contributed by atoms with van der Waals surface area (Å²) >= 11 is 5.47. The number of nitrogens with zero attached hydrogens (tertiary/aromatic N) is 9. The van der Waals surface area contributed by atoms with E-state index >= 15 is 0 Å². The monoisotopic (exact) mass is 1790 g/mol. The van der Waals surface area contributed by atoms with E-state index < -0.39 is 10.8 Å². The molecule has 0 atom stereocenters. The van der Waals surface area contributed by atoms with Crippen LogP contribution in [0.2, 0.25) is 0 Å². The number of hydrogen-bond acceptors (Lipinski definition) is 20. The zero-order chi connectivity index (χ0) is 92.0. The van der Waals surface area contributed by atoms with Crippen LogP contribution in [0.25, 0.3) is 34.2 Å². The molecule has 0 unspecified atom stereocenters. The van der Waals surface area contributed by atoms with E-state index in [-0.39, 0.29) is 104 Å². The normalized spacial score (nSPS) is 9.96. The smallest absolute Gasteiger partial charge is 0.870 e. The van der Waals surface area contributed by atoms with Crippen LogP contribution in [0, 0.1) is 54.8 Å². The molecule has 3 aromatic heterocycles. The molecule has 131 heavy (non-hydrogen) atoms. The Morgan fingerprint density at radius 1 is 0.435 bits per heavy atom. The molecule has 0 aliphatic carbocycles. The number of aryl methyl sites for hydroxylation is 5. The van der Waals surface area contributed by atoms with Crippen molar-refractivity contribution in [1.82, 2.24) is 29.1 Å². The Kier molecular flexibility index (Phi) is 48.1. The predicted molar refractivity (Wildman–Crippen MR) is 498 cm³/mol. The third-order valence-electron chi connectivity index (χ3n) is 18.7. The van der Waals surface area contributed by atoms with Gasteiger partial charge in [0.1, 0.15) is 108 Å². The molecule has 0 spiro atoms. The van der Waals surface area contributed by atoms with E-state index in [2.05, 4.69) is 31.5 Å². The van der Waals surface area contributed by atoms with E-state index in [1.807, 2.05) is 282 Å². The van der Waals surface area contributed by atoms with Crippen molar-refractivity contribution in [2.45, 2.75) is 101 Å². The van der Waals surface area contributed by atoms with Gasteiger partial charge in [-0.1, -0.05) is 249 Å². The van der Waals surface area contributed by atoms with Crippen LogP contribution in [0.15, 0.2) is 335 Å². The van der Waals surface area contributed by atoms with Gasteiger partial charge in [-0.05, 0) is 160 Å². The van der Waals surface area contributed by atoms with Crippen LogP contribution in [0.1, 0.15) is 116 Å². The Morgan fingerprint density at radius 2 is 0.748 bits per heavy atom. The fourth-order valence-corrected chi connectivity index (χ4v) is 12.6. The molecule has 0 fully saturated rings. The Labute approximate surface area is 812 Å². The number of carbonyl (C=O) groups is 2. The number of amides is 1. The number of halogens is 1. The van der Waals surface area contributed by atoms with E-state index in [4.69, 9.17) is 50.4 Å². The van der Waals surface area contributed by atoms with E-state index in [0.717, 1.165) is 58.4 Å². The number of para-hydroxylation sites is 5. The second-order valence-corrected chi connectivity index (χ2v) is 28.1. The average molecular weight is 1790 g/mol. The molecule has 0 saturated heterocycles. The van der Waals surface area contributed by atoms with Crippen molar-refractivity contribution in [3.05, 3.63) is 425 Å². The first-order chi connectivity index (χ1) is 62.2. The van der Waals surface area contributed by atoms with Crippen molar-refractivity contribution in [2.75, 3.05) is 20.3 Å². The topological polar surface area (TPSA) is 362 Å². The molecule has 14 rings (SSSR count). The first-order valence-corrected chi connectivity index (χ1v) is 41.2. The van der Waals surface area contributed by atoms with Crippen LogP contribution in [0.4, 0.5) is 0 Å². The molecule has 3 N–H and O–H groups in total. The molecule has 0 saturated carbocycles. The number of hydrogen-bond donors (Lipinski definition) is 2. The molecular formula is C104H99ClN10Na2O14. The molecule has 11 aromatic carbocycles. The maximum absolute atomic E-state index is 13.2. The van der Waals surface area contributed by atoms with Gasteiger partial charge in [0.15, 0.2) is 5.90 Å². The largest absolute Gasteiger partial charge is 1.00 e. The van der Waals surface area contributed by atoms with Crippen LogP contribution in [0.3, 0.4) is 0 Å². The molecule has 0 aliphatic heterocycles. The molecule has 24 nitrogen and oxygen atoms in total. The van der Waals surface area contributed by atoms with Gasteiger partial charge in [-0.2, -0.15) is 27.9 Å². The van der Waals surface area contributed by atoms with Crippen LogP contribution in [-0.2, 0) is 61.8 Å². The van der Waals surface area contributed by atoms with E-state index in [1.165, 1.54) is 4.57 Å². The Balaban J connectivity index is 0.000000285. The number of allylic oxidation sites excluding steroid dienone is 1. The summed E-state index contributed by atoms with van der Waals surface area (Å²) < 4.78 is 36.4. The SMILES string of the molecule is C=C(C)OCC.CCOC(C)=NC(=O)c1ccccc1OCc1ccccc1.C[O-].Cc1nc(-c2ccccc2O)n(CCc2ccccc2)c(=O)c1C#N.Cc1nc(-c2ccccc2OCc2ccccc2)[nH]c(=O)c1C#N.Cc1nc(-c2ccccc2OCc2ccccc2)n(CCc2ccccc2)c(=O)c1C#N.O=C(Cl)c1ccccc1OCc1ccccc1.[Na+].[Na+].[OH-]. The first-order valence-electron chi connectivity index (χ1n) is 40.8. The quantitative estimate of drug-likeness (QED) is 0.0167. The first kappa shape index (κ1) is 108. The second kappa shape index (κ2) is 58.5. The number of phenolic OH excluding ortho intramolecular Hbond substituents is 1. The third-order valence-corrected chi connectivity index (χ3v) is 18.9. The maximum atomic E-state index is 13.2. The van der Waals surface area contributed by atoms with Crippen LogP contribution < -0.4 is 99.8 Å². The van der Waals surface area contributed by atoms with Crippen LogP contribution in [-0.4, -0.2) is 77.0 Å². The van der Waals surface area contributed by atoms with E-state index in [0.29, 0.717) is 145 Å². The number of ether oxygens (including phenoxy) is 6. The van der Waals surface area contributed by atoms with Gasteiger partial charge >= 0.3 is 59.1 Å². The van der Waals surface area contributed by atoms with Gasteiger partial charge in [0, 0.05) is 20.0 Å². The van der Waals surface area contributed by atoms with Gasteiger partial charge in [0.2, 0.25) is 0 Å². The summed E-state index contributed by atoms with van der Waals surface area (Å²) in [5.41, 5.74) is 9.22. The van der Waals surface area contributed by atoms with Crippen molar-refractivity contribution in [2.24, 2.45) is 4.99 Å². The number of aromatic nitrogens is 6. The Morgan fingerprint density at radius 3 is 1.11 bits per heavy atom. The number of aromatic amines is 1. The molecule has 14 aromatic rings. The zero-order valence-corrected chi connectivity index (χ0v) is 79.6. The number of rotatable bonds is 26. The standard InChI is InChI=1S/C27H23N3O2.C20H17N3O2.C19H15N3O2.C18H19NO3.C14H11ClO2.C5H10O.CH3O.2Na.H2O/c1-20-24(18-28)27(31)30(17-16-21-10-4-2-5-11-21)26(29-20)23-14-8-9-15-25(23)32-19-22-12-6-3-7-13-22;1-14-17(13-21)20(25)23(12-11-15-7-3-2-4-8-15)19(22-14)16-9-5-6-10-18(16)24;1-13-16(11-20)19(23)22-18(21-13)15-9-5-6-10-17(15)24-12-14-7-3-2-4-8-14;1-3-21-14(2)19-18(20)16-11-7-8-12-17(16)22-13-15-9-5-4-6-10-15;15-14(16)12-8-4-5-9-13(12)17-10-11-6-2-1-3-7-11;1-4-6-5(2)3;1-2;;;/h2-15H,16-17,19H2,1H3;2-10,24H,11-12H2,1H3;2-10H,12H2,1H3,(H,21,22,23);4-12H,3,13H2,1-2H3;1-9H,10H2;2,4H2,1,3H3;1H3;;;1H2/q;;;;;;-1;2*+1;/p-1. The van der Waals surface area contributed by atoms with Gasteiger partial charge in [0.05, 0.1) is 63.9 Å². The minimum atomic E-state index is -0.506. The van der Waals surface area contributed by atoms with Crippen molar-refractivity contribution in [3.8, 4) is 81.1 Å². The number of benzene rings is 11. The van der Waals surface area contributed by atoms with Crippen molar-refractivity contribution in [1.29, 1.82) is 15.8 Å². The molecule has 1 amide bonds. The molecule has 27 heteroatoms. The molecule has 0 aliphatic rings. The summed E-state index contributed by atoms with van der Waals surface area (Å²) in [6, 6.07) is 101. The summed E-state index contributed by atoms with van der Waals surface area (Å²) in [7, 11) is 0.750. The van der Waals surface area contributed by atoms with Crippen molar-refractivity contribution in [3.63, 3.8) is 0 Å². The molecule has 0 bridgehead atoms. The number of H-pyrrole nitrogens is 1. The summed E-state index contributed by atoms with van der Waals surface area (Å²) in [6.45, 7) is 19.4.